The van der Waals surface area contributed by atoms with Gasteiger partial charge in [-0.25, -0.2) is 18.4 Å². The number of nitrogens with one attached hydrogen (secondary N) is 1. The molecule has 0 aliphatic rings. The zero-order valence-electron chi connectivity index (χ0n) is 14.6. The summed E-state index contributed by atoms with van der Waals surface area (Å²) < 4.78 is 26.2. The summed E-state index contributed by atoms with van der Waals surface area (Å²) in [4.78, 5) is 20.5. The van der Waals surface area contributed by atoms with Crippen molar-refractivity contribution in [2.45, 2.75) is 32.2 Å². The van der Waals surface area contributed by atoms with Crippen LogP contribution in [-0.2, 0) is 16.6 Å². The van der Waals surface area contributed by atoms with Crippen molar-refractivity contribution in [2.24, 2.45) is 0 Å². The average Bonchev–Trinajstić information content (AvgIpc) is 2.60. The molecule has 0 bridgehead atoms. The van der Waals surface area contributed by atoms with E-state index in [4.69, 9.17) is 0 Å². The third-order valence-electron chi connectivity index (χ3n) is 3.75. The highest BCUT2D eigenvalue weighted by Crippen LogP contribution is 2.16. The molecule has 0 spiro atoms. The topological polar surface area (TPSA) is 92.3 Å². The van der Waals surface area contributed by atoms with E-state index in [1.54, 1.807) is 19.9 Å². The molecule has 0 radical (unpaired) electrons. The van der Waals surface area contributed by atoms with Crippen LogP contribution in [0.3, 0.4) is 0 Å². The molecule has 7 nitrogen and oxygen atoms in total. The fourth-order valence-electron chi connectivity index (χ4n) is 2.37. The largest absolute Gasteiger partial charge is 0.346 e. The molecule has 1 aromatic heterocycles. The van der Waals surface area contributed by atoms with Gasteiger partial charge < -0.3 is 5.32 Å². The number of benzene rings is 1. The monoisotopic (exact) mass is 362 g/mol. The van der Waals surface area contributed by atoms with E-state index in [2.05, 4.69) is 15.3 Å². The van der Waals surface area contributed by atoms with Crippen LogP contribution in [0, 0.1) is 6.92 Å². The number of aryl methyl sites for hydroxylation is 1. The summed E-state index contributed by atoms with van der Waals surface area (Å²) in [5.41, 5.74) is 1.93. The number of carbonyl (C=O) groups is 1. The first-order valence-corrected chi connectivity index (χ1v) is 9.48. The van der Waals surface area contributed by atoms with Crippen LogP contribution in [0.4, 0.5) is 0 Å². The fourth-order valence-corrected chi connectivity index (χ4v) is 3.83. The lowest BCUT2D eigenvalue weighted by Crippen LogP contribution is -2.30. The number of sulfonamides is 1. The van der Waals surface area contributed by atoms with Crippen molar-refractivity contribution in [1.29, 1.82) is 0 Å². The second kappa shape index (κ2) is 8.17. The van der Waals surface area contributed by atoms with Crippen LogP contribution in [0.25, 0.3) is 0 Å². The molecule has 134 valence electrons. The number of hydrogen-bond donors (Lipinski definition) is 1. The molecule has 0 aliphatic heterocycles. The van der Waals surface area contributed by atoms with Crippen molar-refractivity contribution in [3.8, 4) is 0 Å². The summed E-state index contributed by atoms with van der Waals surface area (Å²) in [5, 5.41) is 2.76. The summed E-state index contributed by atoms with van der Waals surface area (Å²) >= 11 is 0. The highest BCUT2D eigenvalue weighted by molar-refractivity contribution is 7.89. The van der Waals surface area contributed by atoms with E-state index in [9.17, 15) is 13.2 Å². The molecule has 1 amide bonds. The van der Waals surface area contributed by atoms with Gasteiger partial charge >= 0.3 is 0 Å². The van der Waals surface area contributed by atoms with E-state index in [1.807, 2.05) is 6.92 Å². The minimum Gasteiger partial charge on any atom is -0.346 e. The first kappa shape index (κ1) is 19.0. The molecule has 1 aromatic carbocycles. The standard InChI is InChI=1S/C17H22N4O3S/c1-4-21(5-2)25(23,24)16-8-6-14(7-9-16)17(22)18-11-15-10-13(3)19-12-20-15/h6-10,12H,4-5,11H2,1-3H3,(H,18,22). The van der Waals surface area contributed by atoms with Crippen molar-refractivity contribution >= 4 is 15.9 Å². The molecular weight excluding hydrogens is 340 g/mol. The maximum absolute atomic E-state index is 12.4. The summed E-state index contributed by atoms with van der Waals surface area (Å²) in [7, 11) is -3.52. The van der Waals surface area contributed by atoms with Crippen LogP contribution in [0.1, 0.15) is 35.6 Å². The number of carbonyl (C=O) groups excluding carboxylic acids is 1. The van der Waals surface area contributed by atoms with Gasteiger partial charge in [-0.3, -0.25) is 4.79 Å². The second-order valence-electron chi connectivity index (χ2n) is 5.45. The van der Waals surface area contributed by atoms with E-state index in [1.165, 1.54) is 34.9 Å². The first-order valence-electron chi connectivity index (χ1n) is 8.04. The van der Waals surface area contributed by atoms with Gasteiger partial charge in [-0.05, 0) is 37.3 Å². The normalized spacial score (nSPS) is 11.5. The SMILES string of the molecule is CCN(CC)S(=O)(=O)c1ccc(C(=O)NCc2cc(C)ncn2)cc1. The third-order valence-corrected chi connectivity index (χ3v) is 5.81. The summed E-state index contributed by atoms with van der Waals surface area (Å²) in [6.45, 7) is 6.51. The smallest absolute Gasteiger partial charge is 0.251 e. The quantitative estimate of drug-likeness (QED) is 0.810. The van der Waals surface area contributed by atoms with E-state index >= 15 is 0 Å². The van der Waals surface area contributed by atoms with Crippen molar-refractivity contribution < 1.29 is 13.2 Å². The lowest BCUT2D eigenvalue weighted by atomic mass is 10.2. The molecule has 0 unspecified atom stereocenters. The maximum atomic E-state index is 12.4. The van der Waals surface area contributed by atoms with Gasteiger partial charge in [-0.15, -0.1) is 0 Å². The van der Waals surface area contributed by atoms with Crippen LogP contribution in [0.15, 0.2) is 41.6 Å². The van der Waals surface area contributed by atoms with Crippen molar-refractivity contribution in [2.75, 3.05) is 13.1 Å². The van der Waals surface area contributed by atoms with E-state index < -0.39 is 10.0 Å². The average molecular weight is 362 g/mol. The van der Waals surface area contributed by atoms with E-state index in [-0.39, 0.29) is 17.3 Å². The Bertz CT molecular complexity index is 831. The van der Waals surface area contributed by atoms with Gasteiger partial charge in [0.25, 0.3) is 5.91 Å². The first-order chi connectivity index (χ1) is 11.9. The third kappa shape index (κ3) is 4.61. The zero-order chi connectivity index (χ0) is 18.4. The number of nitrogens with zero attached hydrogens (tertiary/aromatic N) is 3. The number of hydrogen-bond acceptors (Lipinski definition) is 5. The van der Waals surface area contributed by atoms with Crippen molar-refractivity contribution in [3.05, 3.63) is 53.6 Å². The molecule has 25 heavy (non-hydrogen) atoms. The van der Waals surface area contributed by atoms with Gasteiger partial charge in [-0.1, -0.05) is 13.8 Å². The molecule has 2 rings (SSSR count). The van der Waals surface area contributed by atoms with Crippen LogP contribution < -0.4 is 5.32 Å². The Morgan fingerprint density at radius 1 is 1.12 bits per heavy atom. The van der Waals surface area contributed by atoms with Gasteiger partial charge in [0.15, 0.2) is 0 Å². The Morgan fingerprint density at radius 3 is 2.32 bits per heavy atom. The Morgan fingerprint density at radius 2 is 1.76 bits per heavy atom. The molecule has 1 N–H and O–H groups in total. The lowest BCUT2D eigenvalue weighted by molar-refractivity contribution is 0.0950. The van der Waals surface area contributed by atoms with Gasteiger partial charge in [0, 0.05) is 24.3 Å². The molecular formula is C17H22N4O3S. The fraction of sp³-hybridized carbons (Fsp3) is 0.353. The molecule has 0 atom stereocenters. The second-order valence-corrected chi connectivity index (χ2v) is 7.39. The Labute approximate surface area is 148 Å². The van der Waals surface area contributed by atoms with Gasteiger partial charge in [0.1, 0.15) is 6.33 Å². The molecule has 8 heteroatoms. The molecule has 0 saturated carbocycles. The van der Waals surface area contributed by atoms with Crippen molar-refractivity contribution in [3.63, 3.8) is 0 Å². The van der Waals surface area contributed by atoms with Crippen LogP contribution in [0.5, 0.6) is 0 Å². The van der Waals surface area contributed by atoms with Crippen LogP contribution >= 0.6 is 0 Å². The number of rotatable bonds is 7. The summed E-state index contributed by atoms with van der Waals surface area (Å²) in [6.07, 6.45) is 1.45. The number of amides is 1. The highest BCUT2D eigenvalue weighted by Gasteiger charge is 2.21. The van der Waals surface area contributed by atoms with Gasteiger partial charge in [0.2, 0.25) is 10.0 Å². The Kier molecular flexibility index (Phi) is 6.22. The van der Waals surface area contributed by atoms with Gasteiger partial charge in [-0.2, -0.15) is 4.31 Å². The van der Waals surface area contributed by atoms with Crippen molar-refractivity contribution in [1.82, 2.24) is 19.6 Å². The highest BCUT2D eigenvalue weighted by atomic mass is 32.2. The predicted octanol–water partition coefficient (Wildman–Crippen LogP) is 1.75. The molecule has 0 saturated heterocycles. The zero-order valence-corrected chi connectivity index (χ0v) is 15.4. The molecule has 0 aliphatic carbocycles. The van der Waals surface area contributed by atoms with Crippen LogP contribution in [-0.4, -0.2) is 41.7 Å². The van der Waals surface area contributed by atoms with Crippen LogP contribution in [0.2, 0.25) is 0 Å². The number of aromatic nitrogens is 2. The summed E-state index contributed by atoms with van der Waals surface area (Å²) in [6, 6.07) is 7.72. The Hall–Kier alpha value is -2.32. The lowest BCUT2D eigenvalue weighted by Gasteiger charge is -2.18. The Balaban J connectivity index is 2.07. The minimum absolute atomic E-state index is 0.180. The summed E-state index contributed by atoms with van der Waals surface area (Å²) in [5.74, 6) is -0.289. The van der Waals surface area contributed by atoms with Gasteiger partial charge in [0.05, 0.1) is 17.1 Å². The molecule has 0 fully saturated rings. The molecule has 1 heterocycles. The minimum atomic E-state index is -3.52. The predicted molar refractivity (Wildman–Crippen MR) is 94.5 cm³/mol. The van der Waals surface area contributed by atoms with E-state index in [0.29, 0.717) is 24.3 Å². The van der Waals surface area contributed by atoms with E-state index in [0.717, 1.165) is 5.69 Å². The maximum Gasteiger partial charge on any atom is 0.251 e. The molecule has 2 aromatic rings.